The van der Waals surface area contributed by atoms with Crippen molar-refractivity contribution in [1.29, 1.82) is 0 Å². The van der Waals surface area contributed by atoms with E-state index in [4.69, 9.17) is 5.73 Å². The van der Waals surface area contributed by atoms with E-state index in [1.54, 1.807) is 0 Å². The van der Waals surface area contributed by atoms with E-state index in [1.165, 1.54) is 24.0 Å². The molecule has 1 fully saturated rings. The first-order valence-electron chi connectivity index (χ1n) is 5.58. The van der Waals surface area contributed by atoms with Crippen LogP contribution in [0.25, 0.3) is 0 Å². The zero-order valence-electron chi connectivity index (χ0n) is 9.41. The number of amides is 1. The number of halogens is 1. The van der Waals surface area contributed by atoms with Crippen molar-refractivity contribution in [2.24, 2.45) is 5.92 Å². The quantitative estimate of drug-likeness (QED) is 0.810. The van der Waals surface area contributed by atoms with E-state index >= 15 is 0 Å². The van der Waals surface area contributed by atoms with Crippen molar-refractivity contribution < 1.29 is 9.18 Å². The van der Waals surface area contributed by atoms with Crippen LogP contribution in [0.2, 0.25) is 0 Å². The summed E-state index contributed by atoms with van der Waals surface area (Å²) < 4.78 is 12.9. The molecule has 3 nitrogen and oxygen atoms in total. The average Bonchev–Trinajstić information content (AvgIpc) is 2.82. The highest BCUT2D eigenvalue weighted by Crippen LogP contribution is 2.22. The summed E-state index contributed by atoms with van der Waals surface area (Å²) in [4.78, 5) is 11.8. The monoisotopic (exact) mass is 254 g/mol. The first-order chi connectivity index (χ1) is 8.16. The lowest BCUT2D eigenvalue weighted by Gasteiger charge is -2.10. The molecule has 1 saturated heterocycles. The second-order valence-electron chi connectivity index (χ2n) is 4.18. The van der Waals surface area contributed by atoms with E-state index in [-0.39, 0.29) is 11.6 Å². The largest absolute Gasteiger partial charge is 0.396 e. The van der Waals surface area contributed by atoms with E-state index < -0.39 is 5.82 Å². The van der Waals surface area contributed by atoms with Crippen LogP contribution in [-0.2, 0) is 0 Å². The van der Waals surface area contributed by atoms with Crippen LogP contribution in [0.5, 0.6) is 0 Å². The SMILES string of the molecule is Nc1cc(C(=O)NCC2CCSC2)ccc1F. The number of thioether (sulfide) groups is 1. The molecule has 1 aromatic rings. The van der Waals surface area contributed by atoms with Gasteiger partial charge in [-0.3, -0.25) is 4.79 Å². The summed E-state index contributed by atoms with van der Waals surface area (Å²) in [6.45, 7) is 0.684. The normalized spacial score (nSPS) is 19.2. The van der Waals surface area contributed by atoms with Crippen LogP contribution >= 0.6 is 11.8 Å². The number of carbonyl (C=O) groups excluding carboxylic acids is 1. The first-order valence-corrected chi connectivity index (χ1v) is 6.73. The van der Waals surface area contributed by atoms with Gasteiger partial charge in [0.25, 0.3) is 5.91 Å². The van der Waals surface area contributed by atoms with Crippen molar-refractivity contribution in [3.05, 3.63) is 29.6 Å². The summed E-state index contributed by atoms with van der Waals surface area (Å²) in [5.74, 6) is 2.15. The fraction of sp³-hybridized carbons (Fsp3) is 0.417. The van der Waals surface area contributed by atoms with Crippen LogP contribution in [-0.4, -0.2) is 24.0 Å². The van der Waals surface area contributed by atoms with E-state index in [1.807, 2.05) is 11.8 Å². The highest BCUT2D eigenvalue weighted by atomic mass is 32.2. The number of carbonyl (C=O) groups is 1. The van der Waals surface area contributed by atoms with E-state index in [2.05, 4.69) is 5.32 Å². The summed E-state index contributed by atoms with van der Waals surface area (Å²) in [5.41, 5.74) is 5.84. The third-order valence-corrected chi connectivity index (χ3v) is 4.06. The van der Waals surface area contributed by atoms with Crippen LogP contribution in [0.4, 0.5) is 10.1 Å². The fourth-order valence-electron chi connectivity index (χ4n) is 1.77. The molecule has 0 bridgehead atoms. The molecule has 0 spiro atoms. The molecule has 2 rings (SSSR count). The molecule has 3 N–H and O–H groups in total. The number of nitrogens with two attached hydrogens (primary N) is 1. The van der Waals surface area contributed by atoms with Crippen LogP contribution < -0.4 is 11.1 Å². The van der Waals surface area contributed by atoms with E-state index in [0.717, 1.165) is 12.2 Å². The molecule has 1 aromatic carbocycles. The molecule has 0 aliphatic carbocycles. The Balaban J connectivity index is 1.92. The Morgan fingerprint density at radius 3 is 3.06 bits per heavy atom. The minimum absolute atomic E-state index is 0.00840. The van der Waals surface area contributed by atoms with Gasteiger partial charge in [0, 0.05) is 12.1 Å². The Kier molecular flexibility index (Phi) is 3.89. The third kappa shape index (κ3) is 3.12. The standard InChI is InChI=1S/C12H15FN2OS/c13-10-2-1-9(5-11(10)14)12(16)15-6-8-3-4-17-7-8/h1-2,5,8H,3-4,6-7,14H2,(H,15,16). The van der Waals surface area contributed by atoms with Gasteiger partial charge in [0.2, 0.25) is 0 Å². The Hall–Kier alpha value is -1.23. The topological polar surface area (TPSA) is 55.1 Å². The van der Waals surface area contributed by atoms with Gasteiger partial charge >= 0.3 is 0 Å². The van der Waals surface area contributed by atoms with Crippen molar-refractivity contribution in [2.45, 2.75) is 6.42 Å². The molecule has 1 unspecified atom stereocenters. The highest BCUT2D eigenvalue weighted by Gasteiger charge is 2.16. The summed E-state index contributed by atoms with van der Waals surface area (Å²) in [6.07, 6.45) is 1.15. The van der Waals surface area contributed by atoms with Crippen LogP contribution in [0.1, 0.15) is 16.8 Å². The first kappa shape index (κ1) is 12.2. The van der Waals surface area contributed by atoms with E-state index in [9.17, 15) is 9.18 Å². The molecule has 0 saturated carbocycles. The zero-order chi connectivity index (χ0) is 12.3. The molecule has 0 aromatic heterocycles. The predicted octanol–water partition coefficient (Wildman–Crippen LogP) is 1.89. The lowest BCUT2D eigenvalue weighted by Crippen LogP contribution is -2.29. The maximum Gasteiger partial charge on any atom is 0.251 e. The van der Waals surface area contributed by atoms with Gasteiger partial charge in [-0.2, -0.15) is 11.8 Å². The Morgan fingerprint density at radius 1 is 1.59 bits per heavy atom. The minimum Gasteiger partial charge on any atom is -0.396 e. The minimum atomic E-state index is -0.492. The number of nitrogens with one attached hydrogen (secondary N) is 1. The lowest BCUT2D eigenvalue weighted by molar-refractivity contribution is 0.0948. The molecule has 1 atom stereocenters. The van der Waals surface area contributed by atoms with Crippen LogP contribution in [0.15, 0.2) is 18.2 Å². The van der Waals surface area contributed by atoms with Gasteiger partial charge < -0.3 is 11.1 Å². The number of rotatable bonds is 3. The van der Waals surface area contributed by atoms with Crippen LogP contribution in [0.3, 0.4) is 0 Å². The van der Waals surface area contributed by atoms with Gasteiger partial charge in [0.15, 0.2) is 0 Å². The highest BCUT2D eigenvalue weighted by molar-refractivity contribution is 7.99. The smallest absolute Gasteiger partial charge is 0.251 e. The molecule has 1 aliphatic heterocycles. The molecular weight excluding hydrogens is 239 g/mol. The molecule has 1 aliphatic rings. The molecule has 5 heteroatoms. The van der Waals surface area contributed by atoms with Crippen molar-refractivity contribution in [3.8, 4) is 0 Å². The Labute approximate surface area is 104 Å². The summed E-state index contributed by atoms with van der Waals surface area (Å²) in [7, 11) is 0. The second-order valence-corrected chi connectivity index (χ2v) is 5.33. The summed E-state index contributed by atoms with van der Waals surface area (Å²) in [5, 5.41) is 2.86. The van der Waals surface area contributed by atoms with Gasteiger partial charge in [0.05, 0.1) is 5.69 Å². The fourth-order valence-corrected chi connectivity index (χ4v) is 3.05. The second kappa shape index (κ2) is 5.40. The third-order valence-electron chi connectivity index (χ3n) is 2.83. The molecule has 0 radical (unpaired) electrons. The van der Waals surface area contributed by atoms with Crippen molar-refractivity contribution in [3.63, 3.8) is 0 Å². The molecule has 1 heterocycles. The molecule has 92 valence electrons. The van der Waals surface area contributed by atoms with Gasteiger partial charge in [-0.05, 0) is 42.0 Å². The number of hydrogen-bond acceptors (Lipinski definition) is 3. The number of hydrogen-bond donors (Lipinski definition) is 2. The van der Waals surface area contributed by atoms with Gasteiger partial charge in [-0.1, -0.05) is 0 Å². The summed E-state index contributed by atoms with van der Waals surface area (Å²) in [6, 6.07) is 4.04. The number of benzene rings is 1. The van der Waals surface area contributed by atoms with Crippen molar-refractivity contribution >= 4 is 23.4 Å². The molecule has 17 heavy (non-hydrogen) atoms. The molecule has 1 amide bonds. The van der Waals surface area contributed by atoms with Gasteiger partial charge in [0.1, 0.15) is 5.82 Å². The maximum absolute atomic E-state index is 12.9. The van der Waals surface area contributed by atoms with Crippen molar-refractivity contribution in [1.82, 2.24) is 5.32 Å². The number of nitrogen functional groups attached to an aromatic ring is 1. The summed E-state index contributed by atoms with van der Waals surface area (Å²) >= 11 is 1.91. The Morgan fingerprint density at radius 2 is 2.41 bits per heavy atom. The Bertz CT molecular complexity index is 419. The van der Waals surface area contributed by atoms with Crippen LogP contribution in [0, 0.1) is 11.7 Å². The average molecular weight is 254 g/mol. The van der Waals surface area contributed by atoms with Crippen molar-refractivity contribution in [2.75, 3.05) is 23.8 Å². The molecular formula is C12H15FN2OS. The number of anilines is 1. The van der Waals surface area contributed by atoms with Gasteiger partial charge in [-0.15, -0.1) is 0 Å². The predicted molar refractivity (Wildman–Crippen MR) is 68.6 cm³/mol. The van der Waals surface area contributed by atoms with E-state index in [0.29, 0.717) is 18.0 Å². The lowest BCUT2D eigenvalue weighted by atomic mass is 10.1. The van der Waals surface area contributed by atoms with Gasteiger partial charge in [-0.25, -0.2) is 4.39 Å². The zero-order valence-corrected chi connectivity index (χ0v) is 10.2. The maximum atomic E-state index is 12.9.